The lowest BCUT2D eigenvalue weighted by molar-refractivity contribution is -0.140. The van der Waals surface area contributed by atoms with E-state index < -0.39 is 31.1 Å². The fraction of sp³-hybridized carbons (Fsp3) is 0.250. The van der Waals surface area contributed by atoms with Gasteiger partial charge in [0.05, 0.1) is 10.7 Å². The van der Waals surface area contributed by atoms with Crippen LogP contribution < -0.4 is 5.32 Å². The summed E-state index contributed by atoms with van der Waals surface area (Å²) in [4.78, 5) is 33.8. The van der Waals surface area contributed by atoms with Crippen molar-refractivity contribution in [1.82, 2.24) is 4.90 Å². The van der Waals surface area contributed by atoms with E-state index in [1.807, 2.05) is 0 Å². The summed E-state index contributed by atoms with van der Waals surface area (Å²) < 4.78 is 0. The Labute approximate surface area is 130 Å². The molecule has 2 amide bonds. The van der Waals surface area contributed by atoms with Crippen molar-refractivity contribution in [2.45, 2.75) is 6.92 Å². The smallest absolute Gasteiger partial charge is 0.323 e. The van der Waals surface area contributed by atoms with Gasteiger partial charge in [-0.15, -0.1) is 0 Å². The molecule has 0 aromatic heterocycles. The first-order valence-corrected chi connectivity index (χ1v) is 6.41. The van der Waals surface area contributed by atoms with E-state index >= 15 is 0 Å². The molecule has 0 unspecified atom stereocenters. The zero-order valence-electron chi connectivity index (χ0n) is 10.9. The number of carbonyl (C=O) groups is 3. The highest BCUT2D eigenvalue weighted by molar-refractivity contribution is 6.36. The Bertz CT molecular complexity index is 575. The van der Waals surface area contributed by atoms with Crippen LogP contribution in [0.3, 0.4) is 0 Å². The zero-order valence-corrected chi connectivity index (χ0v) is 12.4. The largest absolute Gasteiger partial charge is 0.480 e. The number of carbonyl (C=O) groups excluding carboxylic acids is 1. The summed E-state index contributed by atoms with van der Waals surface area (Å²) in [6, 6.07) is 2.02. The first-order chi connectivity index (χ1) is 9.70. The summed E-state index contributed by atoms with van der Waals surface area (Å²) in [5, 5.41) is 20.3. The van der Waals surface area contributed by atoms with E-state index in [2.05, 4.69) is 5.32 Å². The van der Waals surface area contributed by atoms with E-state index in [0.29, 0.717) is 15.5 Å². The van der Waals surface area contributed by atoms with E-state index in [0.717, 1.165) is 0 Å². The van der Waals surface area contributed by atoms with Crippen molar-refractivity contribution in [3.8, 4) is 0 Å². The molecule has 1 aromatic carbocycles. The van der Waals surface area contributed by atoms with Crippen LogP contribution in [0.25, 0.3) is 0 Å². The molecular weight excluding hydrogens is 323 g/mol. The summed E-state index contributed by atoms with van der Waals surface area (Å²) in [5.74, 6) is -2.67. The lowest BCUT2D eigenvalue weighted by Crippen LogP contribution is -2.42. The van der Waals surface area contributed by atoms with Gasteiger partial charge in [-0.25, -0.2) is 4.79 Å². The number of hydrogen-bond donors (Lipinski definition) is 3. The van der Waals surface area contributed by atoms with Crippen molar-refractivity contribution in [3.05, 3.63) is 27.7 Å². The highest BCUT2D eigenvalue weighted by atomic mass is 35.5. The number of halogens is 2. The predicted octanol–water partition coefficient (Wildman–Crippen LogP) is 2.30. The summed E-state index contributed by atoms with van der Waals surface area (Å²) in [6.45, 7) is 0.214. The van der Waals surface area contributed by atoms with Crippen LogP contribution in [0.2, 0.25) is 10.0 Å². The van der Waals surface area contributed by atoms with Crippen LogP contribution >= 0.6 is 23.2 Å². The number of carboxylic acid groups (broad SMARTS) is 2. The van der Waals surface area contributed by atoms with Gasteiger partial charge in [-0.3, -0.25) is 9.59 Å². The van der Waals surface area contributed by atoms with Crippen LogP contribution in [0, 0.1) is 6.92 Å². The van der Waals surface area contributed by atoms with Gasteiger partial charge in [-0.05, 0) is 24.6 Å². The molecule has 7 nitrogen and oxygen atoms in total. The second-order valence-electron chi connectivity index (χ2n) is 4.15. The Morgan fingerprint density at radius 3 is 2.10 bits per heavy atom. The molecule has 21 heavy (non-hydrogen) atoms. The first kappa shape index (κ1) is 17.1. The van der Waals surface area contributed by atoms with E-state index in [1.54, 1.807) is 6.92 Å². The quantitative estimate of drug-likeness (QED) is 0.765. The van der Waals surface area contributed by atoms with Crippen LogP contribution in [0.15, 0.2) is 12.1 Å². The van der Waals surface area contributed by atoms with Crippen molar-refractivity contribution in [3.63, 3.8) is 0 Å². The molecule has 0 aliphatic heterocycles. The van der Waals surface area contributed by atoms with Gasteiger partial charge in [0, 0.05) is 5.02 Å². The SMILES string of the molecule is Cc1cc(Cl)c(NC(=O)N(CC(=O)O)CC(=O)O)cc1Cl. The molecule has 0 bridgehead atoms. The summed E-state index contributed by atoms with van der Waals surface area (Å²) >= 11 is 11.8. The number of anilines is 1. The molecule has 0 spiro atoms. The average molecular weight is 335 g/mol. The second kappa shape index (κ2) is 7.14. The summed E-state index contributed by atoms with van der Waals surface area (Å²) in [5.41, 5.74) is 0.866. The number of aryl methyl sites for hydroxylation is 1. The molecule has 0 saturated carbocycles. The highest BCUT2D eigenvalue weighted by Gasteiger charge is 2.20. The Kier molecular flexibility index (Phi) is 5.80. The van der Waals surface area contributed by atoms with Crippen molar-refractivity contribution in [2.75, 3.05) is 18.4 Å². The Morgan fingerprint density at radius 2 is 1.62 bits per heavy atom. The highest BCUT2D eigenvalue weighted by Crippen LogP contribution is 2.28. The van der Waals surface area contributed by atoms with Gasteiger partial charge in [-0.2, -0.15) is 0 Å². The maximum absolute atomic E-state index is 11.9. The van der Waals surface area contributed by atoms with Gasteiger partial charge in [-0.1, -0.05) is 23.2 Å². The minimum atomic E-state index is -1.33. The Morgan fingerprint density at radius 1 is 1.10 bits per heavy atom. The molecule has 0 saturated heterocycles. The molecule has 0 heterocycles. The molecule has 0 radical (unpaired) electrons. The minimum Gasteiger partial charge on any atom is -0.480 e. The molecule has 114 valence electrons. The van der Waals surface area contributed by atoms with E-state index in [9.17, 15) is 14.4 Å². The molecule has 0 aliphatic rings. The van der Waals surface area contributed by atoms with Gasteiger partial charge in [0.2, 0.25) is 0 Å². The number of hydrogen-bond acceptors (Lipinski definition) is 3. The lowest BCUT2D eigenvalue weighted by atomic mass is 10.2. The summed E-state index contributed by atoms with van der Waals surface area (Å²) in [6.07, 6.45) is 0. The predicted molar refractivity (Wildman–Crippen MR) is 77.1 cm³/mol. The second-order valence-corrected chi connectivity index (χ2v) is 4.97. The molecule has 9 heteroatoms. The molecule has 1 rings (SSSR count). The number of nitrogens with one attached hydrogen (secondary N) is 1. The molecule has 3 N–H and O–H groups in total. The molecule has 0 aliphatic carbocycles. The molecule has 0 fully saturated rings. The maximum atomic E-state index is 11.9. The number of rotatable bonds is 5. The average Bonchev–Trinajstić information content (AvgIpc) is 2.33. The van der Waals surface area contributed by atoms with Gasteiger partial charge in [0.15, 0.2) is 0 Å². The summed E-state index contributed by atoms with van der Waals surface area (Å²) in [7, 11) is 0. The standard InChI is InChI=1S/C12H12Cl2N2O5/c1-6-2-8(14)9(3-7(6)13)15-12(21)16(4-10(17)18)5-11(19)20/h2-3H,4-5H2,1H3,(H,15,21)(H,17,18)(H,19,20). The van der Waals surface area contributed by atoms with E-state index in [1.165, 1.54) is 12.1 Å². The van der Waals surface area contributed by atoms with Crippen LogP contribution in [0.4, 0.5) is 10.5 Å². The third kappa shape index (κ3) is 5.13. The van der Waals surface area contributed by atoms with Crippen molar-refractivity contribution in [1.29, 1.82) is 0 Å². The van der Waals surface area contributed by atoms with Crippen LogP contribution in [0.5, 0.6) is 0 Å². The topological polar surface area (TPSA) is 107 Å². The van der Waals surface area contributed by atoms with Gasteiger partial charge in [0.25, 0.3) is 0 Å². The monoisotopic (exact) mass is 334 g/mol. The normalized spacial score (nSPS) is 10.0. The van der Waals surface area contributed by atoms with Crippen molar-refractivity contribution >= 4 is 46.9 Å². The zero-order chi connectivity index (χ0) is 16.2. The van der Waals surface area contributed by atoms with Crippen LogP contribution in [0.1, 0.15) is 5.56 Å². The van der Waals surface area contributed by atoms with Gasteiger partial charge < -0.3 is 20.4 Å². The van der Waals surface area contributed by atoms with Crippen LogP contribution in [-0.4, -0.2) is 46.2 Å². The number of aliphatic carboxylic acids is 2. The minimum absolute atomic E-state index is 0.165. The Hall–Kier alpha value is -1.99. The number of nitrogens with zero attached hydrogens (tertiary/aromatic N) is 1. The third-order valence-electron chi connectivity index (χ3n) is 2.43. The fourth-order valence-corrected chi connectivity index (χ4v) is 1.89. The number of carboxylic acids is 2. The van der Waals surface area contributed by atoms with Crippen LogP contribution in [-0.2, 0) is 9.59 Å². The Balaban J connectivity index is 2.93. The van der Waals surface area contributed by atoms with Crippen molar-refractivity contribution in [2.24, 2.45) is 0 Å². The third-order valence-corrected chi connectivity index (χ3v) is 3.15. The first-order valence-electron chi connectivity index (χ1n) is 5.66. The fourth-order valence-electron chi connectivity index (χ4n) is 1.46. The molecule has 1 aromatic rings. The number of amides is 2. The lowest BCUT2D eigenvalue weighted by Gasteiger charge is -2.19. The number of benzene rings is 1. The van der Waals surface area contributed by atoms with Gasteiger partial charge >= 0.3 is 18.0 Å². The molecule has 0 atom stereocenters. The van der Waals surface area contributed by atoms with E-state index in [4.69, 9.17) is 33.4 Å². The number of urea groups is 1. The maximum Gasteiger partial charge on any atom is 0.323 e. The van der Waals surface area contributed by atoms with Gasteiger partial charge in [0.1, 0.15) is 13.1 Å². The van der Waals surface area contributed by atoms with Crippen molar-refractivity contribution < 1.29 is 24.6 Å². The molecular formula is C12H12Cl2N2O5. The van der Waals surface area contributed by atoms with E-state index in [-0.39, 0.29) is 10.7 Å².